The number of para-hydroxylation sites is 3. The summed E-state index contributed by atoms with van der Waals surface area (Å²) in [5.41, 5.74) is 12.7. The van der Waals surface area contributed by atoms with Crippen molar-refractivity contribution >= 4 is 49.8 Å². The molecule has 0 aliphatic heterocycles. The third-order valence-corrected chi connectivity index (χ3v) is 9.64. The quantitative estimate of drug-likeness (QED) is 0.207. The van der Waals surface area contributed by atoms with E-state index in [9.17, 15) is 0 Å². The Hall–Kier alpha value is -5.60. The lowest BCUT2D eigenvalue weighted by Crippen LogP contribution is -2.16. The number of furan rings is 1. The second-order valence-electron chi connectivity index (χ2n) is 12.5. The lowest BCUT2D eigenvalue weighted by atomic mass is 9.82. The minimum Gasteiger partial charge on any atom is -0.455 e. The van der Waals surface area contributed by atoms with Crippen molar-refractivity contribution in [1.29, 1.82) is 0 Å². The van der Waals surface area contributed by atoms with Gasteiger partial charge in [0.1, 0.15) is 11.2 Å². The fraction of sp³-hybridized carbons (Fsp3) is 0.0698. The average Bonchev–Trinajstić information content (AvgIpc) is 3.56. The summed E-state index contributed by atoms with van der Waals surface area (Å²) in [5, 5.41) is 4.67. The van der Waals surface area contributed by atoms with Crippen LogP contribution >= 0.6 is 0 Å². The SMILES string of the molecule is CC1(C)c2ccccc2-c2c(N(c3ccccc3)c3ccccc3-c3cccc4c3oc3cc5ccccc5cc34)cccc21. The minimum atomic E-state index is -0.0901. The van der Waals surface area contributed by atoms with Crippen LogP contribution in [-0.2, 0) is 5.41 Å². The standard InChI is InChI=1S/C43H31NO/c1-43(2)36-22-10-8-19-34(36)41-37(43)23-13-25-39(41)44(30-16-4-3-5-17-30)38-24-11-9-18-31(38)32-20-12-21-33-35-26-28-14-6-7-15-29(28)27-40(35)45-42(32)33/h3-27H,1-2H3. The first-order valence-corrected chi connectivity index (χ1v) is 15.6. The van der Waals surface area contributed by atoms with Crippen LogP contribution in [0.3, 0.4) is 0 Å². The van der Waals surface area contributed by atoms with Crippen molar-refractivity contribution in [2.24, 2.45) is 0 Å². The average molecular weight is 578 g/mol. The topological polar surface area (TPSA) is 16.4 Å². The molecule has 0 spiro atoms. The van der Waals surface area contributed by atoms with Gasteiger partial charge >= 0.3 is 0 Å². The van der Waals surface area contributed by atoms with E-state index in [2.05, 4.69) is 170 Å². The smallest absolute Gasteiger partial charge is 0.143 e. The van der Waals surface area contributed by atoms with Gasteiger partial charge in [-0.15, -0.1) is 0 Å². The molecule has 0 saturated carbocycles. The van der Waals surface area contributed by atoms with E-state index < -0.39 is 0 Å². The minimum absolute atomic E-state index is 0.0901. The Morgan fingerprint density at radius 3 is 1.96 bits per heavy atom. The van der Waals surface area contributed by atoms with Crippen molar-refractivity contribution in [3.63, 3.8) is 0 Å². The van der Waals surface area contributed by atoms with Gasteiger partial charge in [-0.1, -0.05) is 129 Å². The van der Waals surface area contributed by atoms with Crippen molar-refractivity contribution in [1.82, 2.24) is 0 Å². The van der Waals surface area contributed by atoms with Crippen molar-refractivity contribution in [2.75, 3.05) is 4.90 Å². The monoisotopic (exact) mass is 577 g/mol. The molecule has 1 heterocycles. The first-order valence-electron chi connectivity index (χ1n) is 15.6. The molecule has 7 aromatic carbocycles. The van der Waals surface area contributed by atoms with Gasteiger partial charge in [-0.05, 0) is 63.9 Å². The van der Waals surface area contributed by atoms with Gasteiger partial charge in [0.05, 0.1) is 11.4 Å². The van der Waals surface area contributed by atoms with Crippen LogP contribution in [0.25, 0.3) is 55.0 Å². The first kappa shape index (κ1) is 25.9. The molecule has 1 aromatic heterocycles. The van der Waals surface area contributed by atoms with Crippen LogP contribution in [0, 0.1) is 0 Å². The molecule has 0 atom stereocenters. The molecular weight excluding hydrogens is 546 g/mol. The zero-order valence-corrected chi connectivity index (χ0v) is 25.3. The van der Waals surface area contributed by atoms with Crippen LogP contribution in [0.5, 0.6) is 0 Å². The molecule has 0 N–H and O–H groups in total. The highest BCUT2D eigenvalue weighted by molar-refractivity contribution is 6.14. The molecular formula is C43H31NO. The molecule has 0 saturated heterocycles. The number of hydrogen-bond donors (Lipinski definition) is 0. The van der Waals surface area contributed by atoms with Gasteiger partial charge in [-0.2, -0.15) is 0 Å². The largest absolute Gasteiger partial charge is 0.455 e. The number of anilines is 3. The zero-order chi connectivity index (χ0) is 30.1. The van der Waals surface area contributed by atoms with Crippen LogP contribution < -0.4 is 4.90 Å². The number of fused-ring (bicyclic) bond motifs is 7. The molecule has 0 bridgehead atoms. The summed E-state index contributed by atoms with van der Waals surface area (Å²) >= 11 is 0. The van der Waals surface area contributed by atoms with Crippen molar-refractivity contribution < 1.29 is 4.42 Å². The predicted octanol–water partition coefficient (Wildman–Crippen LogP) is 12.2. The van der Waals surface area contributed by atoms with Gasteiger partial charge < -0.3 is 9.32 Å². The van der Waals surface area contributed by atoms with Crippen LogP contribution in [0.2, 0.25) is 0 Å². The number of rotatable bonds is 4. The molecule has 0 radical (unpaired) electrons. The van der Waals surface area contributed by atoms with E-state index in [0.717, 1.165) is 44.4 Å². The summed E-state index contributed by atoms with van der Waals surface area (Å²) in [6.07, 6.45) is 0. The predicted molar refractivity (Wildman–Crippen MR) is 189 cm³/mol. The van der Waals surface area contributed by atoms with E-state index in [-0.39, 0.29) is 5.41 Å². The Labute approximate surface area is 262 Å². The molecule has 0 fully saturated rings. The Morgan fingerprint density at radius 1 is 0.489 bits per heavy atom. The lowest BCUT2D eigenvalue weighted by Gasteiger charge is -2.30. The highest BCUT2D eigenvalue weighted by Gasteiger charge is 2.37. The molecule has 9 rings (SSSR count). The second kappa shape index (κ2) is 9.70. The van der Waals surface area contributed by atoms with Crippen LogP contribution in [0.1, 0.15) is 25.0 Å². The van der Waals surface area contributed by atoms with Gasteiger partial charge in [-0.25, -0.2) is 0 Å². The zero-order valence-electron chi connectivity index (χ0n) is 25.3. The van der Waals surface area contributed by atoms with E-state index in [1.54, 1.807) is 0 Å². The second-order valence-corrected chi connectivity index (χ2v) is 12.5. The molecule has 8 aromatic rings. The Balaban J connectivity index is 1.32. The fourth-order valence-electron chi connectivity index (χ4n) is 7.50. The molecule has 45 heavy (non-hydrogen) atoms. The Morgan fingerprint density at radius 2 is 1.11 bits per heavy atom. The van der Waals surface area contributed by atoms with Crippen LogP contribution in [0.4, 0.5) is 17.1 Å². The van der Waals surface area contributed by atoms with Gasteiger partial charge in [-0.3, -0.25) is 0 Å². The highest BCUT2D eigenvalue weighted by Crippen LogP contribution is 2.55. The molecule has 214 valence electrons. The van der Waals surface area contributed by atoms with Crippen molar-refractivity contribution in [2.45, 2.75) is 19.3 Å². The molecule has 0 unspecified atom stereocenters. The van der Waals surface area contributed by atoms with E-state index >= 15 is 0 Å². The van der Waals surface area contributed by atoms with Crippen molar-refractivity contribution in [3.8, 4) is 22.3 Å². The Kier molecular flexibility index (Phi) is 5.58. The van der Waals surface area contributed by atoms with Gasteiger partial charge in [0.25, 0.3) is 0 Å². The van der Waals surface area contributed by atoms with Crippen molar-refractivity contribution in [3.05, 3.63) is 163 Å². The molecule has 1 aliphatic rings. The van der Waals surface area contributed by atoms with Crippen LogP contribution in [0.15, 0.2) is 156 Å². The Bertz CT molecular complexity index is 2410. The summed E-state index contributed by atoms with van der Waals surface area (Å²) in [5.74, 6) is 0. The fourth-order valence-corrected chi connectivity index (χ4v) is 7.50. The van der Waals surface area contributed by atoms with Gasteiger partial charge in [0.2, 0.25) is 0 Å². The molecule has 2 heteroatoms. The molecule has 0 amide bonds. The first-order chi connectivity index (χ1) is 22.1. The molecule has 2 nitrogen and oxygen atoms in total. The summed E-state index contributed by atoms with van der Waals surface area (Å²) < 4.78 is 6.72. The normalized spacial score (nSPS) is 13.3. The number of hydrogen-bond acceptors (Lipinski definition) is 2. The highest BCUT2D eigenvalue weighted by atomic mass is 16.3. The summed E-state index contributed by atoms with van der Waals surface area (Å²) in [6, 6.07) is 54.6. The van der Waals surface area contributed by atoms with Gasteiger partial charge in [0.15, 0.2) is 0 Å². The third kappa shape index (κ3) is 3.82. The van der Waals surface area contributed by atoms with E-state index in [1.807, 2.05) is 0 Å². The number of benzene rings is 7. The van der Waals surface area contributed by atoms with E-state index in [4.69, 9.17) is 4.42 Å². The summed E-state index contributed by atoms with van der Waals surface area (Å²) in [4.78, 5) is 2.43. The lowest BCUT2D eigenvalue weighted by molar-refractivity contribution is 0.660. The van der Waals surface area contributed by atoms with Gasteiger partial charge in [0, 0.05) is 38.6 Å². The maximum Gasteiger partial charge on any atom is 0.143 e. The van der Waals surface area contributed by atoms with E-state index in [1.165, 1.54) is 38.7 Å². The molecule has 1 aliphatic carbocycles. The maximum absolute atomic E-state index is 6.72. The third-order valence-electron chi connectivity index (χ3n) is 9.64. The maximum atomic E-state index is 6.72. The number of nitrogens with zero attached hydrogens (tertiary/aromatic N) is 1. The summed E-state index contributed by atoms with van der Waals surface area (Å²) in [6.45, 7) is 4.68. The van der Waals surface area contributed by atoms with Crippen LogP contribution in [-0.4, -0.2) is 0 Å². The van der Waals surface area contributed by atoms with E-state index in [0.29, 0.717) is 0 Å². The summed E-state index contributed by atoms with van der Waals surface area (Å²) in [7, 11) is 0.